The van der Waals surface area contributed by atoms with Gasteiger partial charge in [-0.15, -0.1) is 0 Å². The molecule has 0 aliphatic rings. The van der Waals surface area contributed by atoms with Crippen molar-refractivity contribution < 1.29 is 14.7 Å². The highest BCUT2D eigenvalue weighted by Gasteiger charge is 2.26. The fraction of sp³-hybridized carbons (Fsp3) is 0.500. The molecule has 0 radical (unpaired) electrons. The molecule has 1 amide bonds. The van der Waals surface area contributed by atoms with Gasteiger partial charge in [0.15, 0.2) is 0 Å². The minimum Gasteiger partial charge on any atom is -0.478 e. The van der Waals surface area contributed by atoms with Gasteiger partial charge in [-0.1, -0.05) is 26.0 Å². The van der Waals surface area contributed by atoms with Crippen molar-refractivity contribution in [2.75, 3.05) is 7.05 Å². The molecule has 1 aromatic rings. The first-order valence-corrected chi connectivity index (χ1v) is 6.79. The summed E-state index contributed by atoms with van der Waals surface area (Å²) in [5, 5.41) is 9.38. The summed E-state index contributed by atoms with van der Waals surface area (Å²) in [5.41, 5.74) is 1.71. The topological polar surface area (TPSA) is 57.6 Å². The number of rotatable bonds is 4. The second-order valence-corrected chi connectivity index (χ2v) is 5.66. The predicted octanol–water partition coefficient (Wildman–Crippen LogP) is 3.12. The van der Waals surface area contributed by atoms with Crippen molar-refractivity contribution in [3.8, 4) is 0 Å². The van der Waals surface area contributed by atoms with Crippen molar-refractivity contribution in [1.29, 1.82) is 0 Å². The van der Waals surface area contributed by atoms with Crippen molar-refractivity contribution in [3.63, 3.8) is 0 Å². The lowest BCUT2D eigenvalue weighted by atomic mass is 9.95. The van der Waals surface area contributed by atoms with Crippen LogP contribution in [0.25, 0.3) is 0 Å². The number of aryl methyl sites for hydroxylation is 2. The van der Waals surface area contributed by atoms with Crippen LogP contribution >= 0.6 is 0 Å². The Kier molecular flexibility index (Phi) is 4.93. The normalized spacial score (nSPS) is 12.3. The maximum absolute atomic E-state index is 12.7. The molecule has 0 aromatic heterocycles. The zero-order valence-corrected chi connectivity index (χ0v) is 13.0. The van der Waals surface area contributed by atoms with Crippen LogP contribution < -0.4 is 0 Å². The predicted molar refractivity (Wildman–Crippen MR) is 79.3 cm³/mol. The van der Waals surface area contributed by atoms with Gasteiger partial charge in [-0.2, -0.15) is 0 Å². The number of benzene rings is 1. The molecule has 20 heavy (non-hydrogen) atoms. The first kappa shape index (κ1) is 16.2. The fourth-order valence-electron chi connectivity index (χ4n) is 2.17. The molecule has 0 aliphatic carbocycles. The van der Waals surface area contributed by atoms with E-state index in [0.717, 1.165) is 0 Å². The Balaban J connectivity index is 3.36. The number of hydrogen-bond acceptors (Lipinski definition) is 2. The van der Waals surface area contributed by atoms with Gasteiger partial charge >= 0.3 is 5.97 Å². The summed E-state index contributed by atoms with van der Waals surface area (Å²) in [6, 6.07) is 3.58. The van der Waals surface area contributed by atoms with E-state index >= 15 is 0 Å². The molecule has 0 spiro atoms. The number of carboxylic acids is 1. The fourth-order valence-corrected chi connectivity index (χ4v) is 2.17. The quantitative estimate of drug-likeness (QED) is 0.920. The van der Waals surface area contributed by atoms with Crippen LogP contribution in [0, 0.1) is 19.8 Å². The van der Waals surface area contributed by atoms with Gasteiger partial charge in [-0.25, -0.2) is 4.79 Å². The summed E-state index contributed by atoms with van der Waals surface area (Å²) < 4.78 is 0. The van der Waals surface area contributed by atoms with Gasteiger partial charge in [0.1, 0.15) is 0 Å². The number of carbonyl (C=O) groups is 2. The number of carbonyl (C=O) groups excluding carboxylic acids is 1. The molecule has 0 heterocycles. The van der Waals surface area contributed by atoms with Crippen LogP contribution in [0.1, 0.15) is 52.6 Å². The monoisotopic (exact) mass is 277 g/mol. The summed E-state index contributed by atoms with van der Waals surface area (Å²) in [4.78, 5) is 25.7. The lowest BCUT2D eigenvalue weighted by Crippen LogP contribution is -2.39. The molecular formula is C16H23NO3. The van der Waals surface area contributed by atoms with E-state index in [-0.39, 0.29) is 17.5 Å². The summed E-state index contributed by atoms with van der Waals surface area (Å²) >= 11 is 0. The highest BCUT2D eigenvalue weighted by Crippen LogP contribution is 2.22. The lowest BCUT2D eigenvalue weighted by Gasteiger charge is -2.29. The Morgan fingerprint density at radius 3 is 1.90 bits per heavy atom. The minimum atomic E-state index is -1.06. The Morgan fingerprint density at radius 2 is 1.50 bits per heavy atom. The maximum atomic E-state index is 12.7. The van der Waals surface area contributed by atoms with Crippen LogP contribution in [0.15, 0.2) is 12.1 Å². The third kappa shape index (κ3) is 3.00. The van der Waals surface area contributed by atoms with Crippen LogP contribution in [-0.4, -0.2) is 35.0 Å². The zero-order chi connectivity index (χ0) is 15.6. The van der Waals surface area contributed by atoms with Crippen LogP contribution in [0.5, 0.6) is 0 Å². The second kappa shape index (κ2) is 6.07. The maximum Gasteiger partial charge on any atom is 0.336 e. The van der Waals surface area contributed by atoms with Crippen molar-refractivity contribution in [2.45, 2.75) is 40.7 Å². The molecule has 0 saturated heterocycles. The van der Waals surface area contributed by atoms with Crippen molar-refractivity contribution in [2.24, 2.45) is 5.92 Å². The second-order valence-electron chi connectivity index (χ2n) is 5.66. The molecule has 1 aromatic carbocycles. The Hall–Kier alpha value is -1.84. The molecule has 1 N–H and O–H groups in total. The first-order chi connectivity index (χ1) is 9.18. The number of amides is 1. The van der Waals surface area contributed by atoms with E-state index in [0.29, 0.717) is 22.6 Å². The average molecular weight is 277 g/mol. The van der Waals surface area contributed by atoms with E-state index in [1.165, 1.54) is 0 Å². The molecule has 0 saturated carbocycles. The molecule has 4 heteroatoms. The Labute approximate surface area is 120 Å². The Bertz CT molecular complexity index is 535. The number of carboxylic acid groups (broad SMARTS) is 1. The summed E-state index contributed by atoms with van der Waals surface area (Å²) in [7, 11) is 1.72. The minimum absolute atomic E-state index is 0.0454. The molecular weight excluding hydrogens is 254 g/mol. The van der Waals surface area contributed by atoms with E-state index in [2.05, 4.69) is 0 Å². The molecule has 1 atom stereocenters. The van der Waals surface area contributed by atoms with Crippen LogP contribution in [-0.2, 0) is 0 Å². The summed E-state index contributed by atoms with van der Waals surface area (Å²) in [6.45, 7) is 9.53. The number of aromatic carboxylic acids is 1. The van der Waals surface area contributed by atoms with E-state index in [9.17, 15) is 14.7 Å². The summed E-state index contributed by atoms with van der Waals surface area (Å²) in [5.74, 6) is -0.979. The smallest absolute Gasteiger partial charge is 0.336 e. The van der Waals surface area contributed by atoms with Crippen LogP contribution in [0.3, 0.4) is 0 Å². The van der Waals surface area contributed by atoms with E-state index in [1.54, 1.807) is 37.9 Å². The SMILES string of the molecule is Cc1ccc(C)c(C(=O)N(C)C(C)C(C)C)c1C(=O)O. The van der Waals surface area contributed by atoms with Gasteiger partial charge in [0.05, 0.1) is 11.1 Å². The third-order valence-corrected chi connectivity index (χ3v) is 3.95. The van der Waals surface area contributed by atoms with Gasteiger partial charge in [0.25, 0.3) is 5.91 Å². The molecule has 0 aliphatic heterocycles. The number of nitrogens with zero attached hydrogens (tertiary/aromatic N) is 1. The highest BCUT2D eigenvalue weighted by molar-refractivity contribution is 6.06. The van der Waals surface area contributed by atoms with Crippen molar-refractivity contribution in [1.82, 2.24) is 4.90 Å². The summed E-state index contributed by atoms with van der Waals surface area (Å²) in [6.07, 6.45) is 0. The largest absolute Gasteiger partial charge is 0.478 e. The molecule has 0 fully saturated rings. The van der Waals surface area contributed by atoms with Gasteiger partial charge < -0.3 is 10.0 Å². The zero-order valence-electron chi connectivity index (χ0n) is 13.0. The highest BCUT2D eigenvalue weighted by atomic mass is 16.4. The van der Waals surface area contributed by atoms with E-state index in [1.807, 2.05) is 20.8 Å². The van der Waals surface area contributed by atoms with Gasteiger partial charge in [0, 0.05) is 13.1 Å². The van der Waals surface area contributed by atoms with Crippen LogP contribution in [0.4, 0.5) is 0 Å². The average Bonchev–Trinajstić information content (AvgIpc) is 2.37. The standard InChI is InChI=1S/C16H23NO3/c1-9(2)12(5)17(6)15(18)13-10(3)7-8-11(4)14(13)16(19)20/h7-9,12H,1-6H3,(H,19,20). The van der Waals surface area contributed by atoms with Crippen LogP contribution in [0.2, 0.25) is 0 Å². The molecule has 110 valence electrons. The first-order valence-electron chi connectivity index (χ1n) is 6.79. The van der Waals surface area contributed by atoms with E-state index in [4.69, 9.17) is 0 Å². The van der Waals surface area contributed by atoms with Gasteiger partial charge in [-0.3, -0.25) is 4.79 Å². The molecule has 1 unspecified atom stereocenters. The van der Waals surface area contributed by atoms with E-state index < -0.39 is 5.97 Å². The van der Waals surface area contributed by atoms with Crippen molar-refractivity contribution >= 4 is 11.9 Å². The third-order valence-electron chi connectivity index (χ3n) is 3.95. The number of hydrogen-bond donors (Lipinski definition) is 1. The molecule has 0 bridgehead atoms. The lowest BCUT2D eigenvalue weighted by molar-refractivity contribution is 0.0658. The van der Waals surface area contributed by atoms with Gasteiger partial charge in [-0.05, 0) is 37.8 Å². The molecule has 4 nitrogen and oxygen atoms in total. The van der Waals surface area contributed by atoms with Crippen molar-refractivity contribution in [3.05, 3.63) is 34.4 Å². The van der Waals surface area contributed by atoms with Gasteiger partial charge in [0.2, 0.25) is 0 Å². The Morgan fingerprint density at radius 1 is 1.05 bits per heavy atom. The molecule has 1 rings (SSSR count).